The van der Waals surface area contributed by atoms with Gasteiger partial charge in [-0.1, -0.05) is 45.0 Å². The molecule has 3 aromatic rings. The largest absolute Gasteiger partial charge is 0.451 e. The van der Waals surface area contributed by atoms with Gasteiger partial charge in [-0.3, -0.25) is 4.79 Å². The molecule has 1 atom stereocenters. The molecule has 1 aromatic heterocycles. The van der Waals surface area contributed by atoms with Crippen molar-refractivity contribution < 1.29 is 9.21 Å². The monoisotopic (exact) mass is 406 g/mol. The molecule has 4 nitrogen and oxygen atoms in total. The van der Waals surface area contributed by atoms with E-state index in [2.05, 4.69) is 75.2 Å². The number of benzene rings is 2. The summed E-state index contributed by atoms with van der Waals surface area (Å²) >= 11 is 0. The van der Waals surface area contributed by atoms with Crippen LogP contribution in [0.5, 0.6) is 0 Å². The number of aryl methyl sites for hydroxylation is 3. The Morgan fingerprint density at radius 3 is 2.20 bits per heavy atom. The van der Waals surface area contributed by atoms with E-state index in [1.807, 2.05) is 27.1 Å². The van der Waals surface area contributed by atoms with Crippen LogP contribution in [0.1, 0.15) is 65.2 Å². The lowest BCUT2D eigenvalue weighted by Crippen LogP contribution is -2.34. The van der Waals surface area contributed by atoms with Gasteiger partial charge in [0.05, 0.1) is 6.04 Å². The lowest BCUT2D eigenvalue weighted by Gasteiger charge is -2.26. The minimum atomic E-state index is -0.169. The van der Waals surface area contributed by atoms with E-state index in [1.165, 1.54) is 16.7 Å². The molecule has 0 saturated heterocycles. The summed E-state index contributed by atoms with van der Waals surface area (Å²) in [5, 5.41) is 4.09. The summed E-state index contributed by atoms with van der Waals surface area (Å²) < 4.78 is 5.92. The summed E-state index contributed by atoms with van der Waals surface area (Å²) in [7, 11) is 4.07. The molecular formula is C26H34N2O2. The van der Waals surface area contributed by atoms with Crippen LogP contribution in [0.3, 0.4) is 0 Å². The lowest BCUT2D eigenvalue weighted by molar-refractivity contribution is 0.0915. The fourth-order valence-corrected chi connectivity index (χ4v) is 3.77. The maximum Gasteiger partial charge on any atom is 0.287 e. The normalized spacial score (nSPS) is 13.1. The van der Waals surface area contributed by atoms with Crippen molar-refractivity contribution in [3.8, 4) is 0 Å². The molecule has 0 saturated carbocycles. The van der Waals surface area contributed by atoms with Crippen molar-refractivity contribution in [1.82, 2.24) is 10.2 Å². The molecule has 0 spiro atoms. The van der Waals surface area contributed by atoms with Gasteiger partial charge in [-0.2, -0.15) is 0 Å². The van der Waals surface area contributed by atoms with Crippen LogP contribution in [-0.2, 0) is 5.41 Å². The number of carbonyl (C=O) groups excluding carboxylic acids is 1. The van der Waals surface area contributed by atoms with E-state index < -0.39 is 0 Å². The minimum absolute atomic E-state index is 0.0807. The van der Waals surface area contributed by atoms with Crippen molar-refractivity contribution >= 4 is 16.9 Å². The van der Waals surface area contributed by atoms with Crippen LogP contribution in [0.4, 0.5) is 0 Å². The average Bonchev–Trinajstić information content (AvgIpc) is 2.97. The van der Waals surface area contributed by atoms with E-state index in [4.69, 9.17) is 4.42 Å². The maximum atomic E-state index is 12.9. The molecule has 0 fully saturated rings. The molecule has 0 aliphatic carbocycles. The fourth-order valence-electron chi connectivity index (χ4n) is 3.77. The molecule has 2 aromatic carbocycles. The standard InChI is InChI=1S/C26H34N2O2/c1-16-13-21-18(3)24(30-23(21)14-17(16)2)25(29)27-15-22(28(7)8)19-9-11-20(12-10-19)26(4,5)6/h9-14,22H,15H2,1-8H3,(H,27,29)/t22-/m1/s1. The van der Waals surface area contributed by atoms with Crippen LogP contribution < -0.4 is 5.32 Å². The van der Waals surface area contributed by atoms with Gasteiger partial charge in [-0.15, -0.1) is 0 Å². The molecule has 0 aliphatic rings. The zero-order chi connectivity index (χ0) is 22.2. The predicted molar refractivity (Wildman–Crippen MR) is 124 cm³/mol. The van der Waals surface area contributed by atoms with Crippen molar-refractivity contribution in [2.45, 2.75) is 53.0 Å². The maximum absolute atomic E-state index is 12.9. The molecule has 160 valence electrons. The van der Waals surface area contributed by atoms with Gasteiger partial charge in [-0.05, 0) is 74.7 Å². The summed E-state index contributed by atoms with van der Waals surface area (Å²) in [6.07, 6.45) is 0. The Morgan fingerprint density at radius 2 is 1.63 bits per heavy atom. The third-order valence-corrected chi connectivity index (χ3v) is 6.00. The van der Waals surface area contributed by atoms with E-state index >= 15 is 0 Å². The SMILES string of the molecule is Cc1cc2oc(C(=O)NC[C@H](c3ccc(C(C)(C)C)cc3)N(C)C)c(C)c2cc1C. The second-order valence-electron chi connectivity index (χ2n) is 9.55. The third kappa shape index (κ3) is 4.44. The van der Waals surface area contributed by atoms with Crippen LogP contribution >= 0.6 is 0 Å². The van der Waals surface area contributed by atoms with E-state index in [9.17, 15) is 4.79 Å². The van der Waals surface area contributed by atoms with E-state index in [0.717, 1.165) is 22.1 Å². The highest BCUT2D eigenvalue weighted by Gasteiger charge is 2.21. The first-order chi connectivity index (χ1) is 14.0. The molecule has 4 heteroatoms. The van der Waals surface area contributed by atoms with Gasteiger partial charge in [-0.25, -0.2) is 0 Å². The Kier molecular flexibility index (Phi) is 6.09. The highest BCUT2D eigenvalue weighted by molar-refractivity contribution is 5.99. The van der Waals surface area contributed by atoms with Gasteiger partial charge < -0.3 is 14.6 Å². The van der Waals surface area contributed by atoms with Crippen molar-refractivity contribution in [3.63, 3.8) is 0 Å². The Morgan fingerprint density at radius 1 is 1.03 bits per heavy atom. The Balaban J connectivity index is 1.79. The summed E-state index contributed by atoms with van der Waals surface area (Å²) in [5.74, 6) is 0.229. The highest BCUT2D eigenvalue weighted by atomic mass is 16.3. The number of fused-ring (bicyclic) bond motifs is 1. The average molecular weight is 407 g/mol. The number of hydrogen-bond acceptors (Lipinski definition) is 3. The molecule has 1 amide bonds. The van der Waals surface area contributed by atoms with Crippen molar-refractivity contribution in [3.05, 3.63) is 70.0 Å². The molecule has 0 bridgehead atoms. The molecule has 1 N–H and O–H groups in total. The van der Waals surface area contributed by atoms with Gasteiger partial charge in [0.1, 0.15) is 5.58 Å². The second-order valence-corrected chi connectivity index (χ2v) is 9.55. The summed E-state index contributed by atoms with van der Waals surface area (Å²) in [5.41, 5.74) is 6.62. The first-order valence-electron chi connectivity index (χ1n) is 10.5. The smallest absolute Gasteiger partial charge is 0.287 e. The van der Waals surface area contributed by atoms with Crippen LogP contribution in [0, 0.1) is 20.8 Å². The number of hydrogen-bond donors (Lipinski definition) is 1. The molecule has 0 radical (unpaired) electrons. The van der Waals surface area contributed by atoms with Crippen LogP contribution in [0.25, 0.3) is 11.0 Å². The number of carbonyl (C=O) groups is 1. The first kappa shape index (κ1) is 22.1. The highest BCUT2D eigenvalue weighted by Crippen LogP contribution is 2.29. The topological polar surface area (TPSA) is 45.5 Å². The Hall–Kier alpha value is -2.59. The Bertz CT molecular complexity index is 1050. The van der Waals surface area contributed by atoms with Gasteiger partial charge in [0.15, 0.2) is 5.76 Å². The molecule has 0 unspecified atom stereocenters. The summed E-state index contributed by atoms with van der Waals surface area (Å²) in [6.45, 7) is 13.2. The number of rotatable bonds is 5. The predicted octanol–water partition coefficient (Wildman–Crippen LogP) is 5.69. The quantitative estimate of drug-likeness (QED) is 0.592. The van der Waals surface area contributed by atoms with Crippen molar-refractivity contribution in [2.24, 2.45) is 0 Å². The Labute approximate surface area is 180 Å². The molecule has 30 heavy (non-hydrogen) atoms. The number of nitrogens with one attached hydrogen (secondary N) is 1. The lowest BCUT2D eigenvalue weighted by atomic mass is 9.86. The van der Waals surface area contributed by atoms with Gasteiger partial charge in [0.2, 0.25) is 0 Å². The van der Waals surface area contributed by atoms with Gasteiger partial charge >= 0.3 is 0 Å². The van der Waals surface area contributed by atoms with Gasteiger partial charge in [0.25, 0.3) is 5.91 Å². The molecule has 3 rings (SSSR count). The van der Waals surface area contributed by atoms with E-state index in [0.29, 0.717) is 12.3 Å². The van der Waals surface area contributed by atoms with Crippen LogP contribution in [-0.4, -0.2) is 31.4 Å². The van der Waals surface area contributed by atoms with Gasteiger partial charge in [0, 0.05) is 17.5 Å². The fraction of sp³-hybridized carbons (Fsp3) is 0.423. The van der Waals surface area contributed by atoms with Crippen molar-refractivity contribution in [1.29, 1.82) is 0 Å². The minimum Gasteiger partial charge on any atom is -0.451 e. The van der Waals surface area contributed by atoms with Crippen LogP contribution in [0.15, 0.2) is 40.8 Å². The van der Waals surface area contributed by atoms with Crippen LogP contribution in [0.2, 0.25) is 0 Å². The number of furan rings is 1. The van der Waals surface area contributed by atoms with Crippen molar-refractivity contribution in [2.75, 3.05) is 20.6 Å². The molecule has 1 heterocycles. The third-order valence-electron chi connectivity index (χ3n) is 6.00. The zero-order valence-corrected chi connectivity index (χ0v) is 19.5. The number of amides is 1. The molecular weight excluding hydrogens is 372 g/mol. The van der Waals surface area contributed by atoms with E-state index in [1.54, 1.807) is 0 Å². The summed E-state index contributed by atoms with van der Waals surface area (Å²) in [4.78, 5) is 15.1. The zero-order valence-electron chi connectivity index (χ0n) is 19.5. The molecule has 0 aliphatic heterocycles. The number of likely N-dealkylation sites (N-methyl/N-ethyl adjacent to an activating group) is 1. The summed E-state index contributed by atoms with van der Waals surface area (Å²) in [6, 6.07) is 12.9. The first-order valence-corrected chi connectivity index (χ1v) is 10.5. The second kappa shape index (κ2) is 8.27. The number of nitrogens with zero attached hydrogens (tertiary/aromatic N) is 1. The van der Waals surface area contributed by atoms with E-state index in [-0.39, 0.29) is 17.4 Å².